The van der Waals surface area contributed by atoms with Crippen molar-refractivity contribution in [2.75, 3.05) is 12.3 Å². The van der Waals surface area contributed by atoms with Gasteiger partial charge in [-0.05, 0) is 53.9 Å². The number of halogens is 1. The Balaban J connectivity index is 1.94. The molecule has 1 unspecified atom stereocenters. The highest BCUT2D eigenvalue weighted by Gasteiger charge is 2.36. The molecule has 0 bridgehead atoms. The zero-order valence-corrected chi connectivity index (χ0v) is 12.1. The highest BCUT2D eigenvalue weighted by atomic mass is 79.9. The maximum absolute atomic E-state index is 5.85. The molecule has 0 spiro atoms. The van der Waals surface area contributed by atoms with E-state index in [1.54, 1.807) is 6.07 Å². The van der Waals surface area contributed by atoms with E-state index in [1.165, 1.54) is 0 Å². The van der Waals surface area contributed by atoms with Crippen LogP contribution < -0.4 is 5.73 Å². The van der Waals surface area contributed by atoms with Gasteiger partial charge in [0.15, 0.2) is 0 Å². The molecule has 1 aromatic carbocycles. The molecule has 1 aliphatic rings. The number of nitrogen functional groups attached to an aromatic ring is 1. The molecule has 1 aliphatic heterocycles. The lowest BCUT2D eigenvalue weighted by Gasteiger charge is -2.17. The van der Waals surface area contributed by atoms with Crippen LogP contribution in [0.5, 0.6) is 0 Å². The molecule has 1 atom stereocenters. The van der Waals surface area contributed by atoms with Gasteiger partial charge in [0.2, 0.25) is 5.82 Å². The summed E-state index contributed by atoms with van der Waals surface area (Å²) in [7, 11) is 0. The number of rotatable bonds is 2. The van der Waals surface area contributed by atoms with Crippen LogP contribution in [0.4, 0.5) is 5.69 Å². The maximum atomic E-state index is 5.85. The molecule has 19 heavy (non-hydrogen) atoms. The molecule has 2 N–H and O–H groups in total. The molecule has 2 heterocycles. The number of ether oxygens (including phenoxy) is 1. The van der Waals surface area contributed by atoms with Gasteiger partial charge in [-0.1, -0.05) is 5.16 Å². The number of nitrogens with two attached hydrogens (primary N) is 1. The molecule has 0 radical (unpaired) electrons. The minimum Gasteiger partial charge on any atom is -0.398 e. The number of aromatic nitrogens is 2. The van der Waals surface area contributed by atoms with Crippen LogP contribution in [0.3, 0.4) is 0 Å². The number of hydrogen-bond acceptors (Lipinski definition) is 5. The summed E-state index contributed by atoms with van der Waals surface area (Å²) in [6.45, 7) is 2.73. The number of benzene rings is 1. The fraction of sp³-hybridized carbons (Fsp3) is 0.385. The van der Waals surface area contributed by atoms with E-state index < -0.39 is 5.60 Å². The summed E-state index contributed by atoms with van der Waals surface area (Å²) in [6, 6.07) is 5.55. The number of hydrogen-bond donors (Lipinski definition) is 1. The van der Waals surface area contributed by atoms with E-state index in [9.17, 15) is 0 Å². The van der Waals surface area contributed by atoms with Gasteiger partial charge in [-0.3, -0.25) is 0 Å². The average Bonchev–Trinajstić information content (AvgIpc) is 3.02. The van der Waals surface area contributed by atoms with E-state index in [4.69, 9.17) is 15.0 Å². The van der Waals surface area contributed by atoms with Gasteiger partial charge in [0.1, 0.15) is 5.60 Å². The van der Waals surface area contributed by atoms with Crippen LogP contribution in [0.25, 0.3) is 11.5 Å². The molecule has 2 aromatic rings. The SMILES string of the molecule is CC1(c2noc(-c3ccc(Br)c(N)c3)n2)CCCO1. The highest BCUT2D eigenvalue weighted by molar-refractivity contribution is 9.10. The first-order valence-electron chi connectivity index (χ1n) is 6.12. The topological polar surface area (TPSA) is 74.2 Å². The van der Waals surface area contributed by atoms with Crippen molar-refractivity contribution in [3.63, 3.8) is 0 Å². The van der Waals surface area contributed by atoms with E-state index in [-0.39, 0.29) is 0 Å². The van der Waals surface area contributed by atoms with Gasteiger partial charge in [-0.2, -0.15) is 4.98 Å². The van der Waals surface area contributed by atoms with E-state index in [0.717, 1.165) is 29.5 Å². The first kappa shape index (κ1) is 12.6. The maximum Gasteiger partial charge on any atom is 0.258 e. The van der Waals surface area contributed by atoms with Crippen LogP contribution in [-0.4, -0.2) is 16.7 Å². The Kier molecular flexibility index (Phi) is 3.06. The lowest BCUT2D eigenvalue weighted by Crippen LogP contribution is -2.21. The van der Waals surface area contributed by atoms with Gasteiger partial charge in [-0.15, -0.1) is 0 Å². The van der Waals surface area contributed by atoms with Crippen LogP contribution in [0, 0.1) is 0 Å². The lowest BCUT2D eigenvalue weighted by atomic mass is 10.0. The van der Waals surface area contributed by atoms with Crippen LogP contribution in [-0.2, 0) is 10.3 Å². The highest BCUT2D eigenvalue weighted by Crippen LogP contribution is 2.35. The Labute approximate surface area is 119 Å². The predicted molar refractivity (Wildman–Crippen MR) is 74.4 cm³/mol. The molecule has 0 saturated carbocycles. The normalized spacial score (nSPS) is 22.8. The third kappa shape index (κ3) is 2.26. The van der Waals surface area contributed by atoms with E-state index >= 15 is 0 Å². The minimum absolute atomic E-state index is 0.428. The van der Waals surface area contributed by atoms with Crippen LogP contribution in [0.15, 0.2) is 27.2 Å². The van der Waals surface area contributed by atoms with Gasteiger partial charge < -0.3 is 15.0 Å². The third-order valence-electron chi connectivity index (χ3n) is 3.36. The zero-order chi connectivity index (χ0) is 13.5. The number of nitrogens with zero attached hydrogens (tertiary/aromatic N) is 2. The summed E-state index contributed by atoms with van der Waals surface area (Å²) in [4.78, 5) is 4.43. The van der Waals surface area contributed by atoms with Crippen molar-refractivity contribution in [3.05, 3.63) is 28.5 Å². The smallest absolute Gasteiger partial charge is 0.258 e. The van der Waals surface area contributed by atoms with Gasteiger partial charge >= 0.3 is 0 Å². The molecular weight excluding hydrogens is 310 g/mol. The number of anilines is 1. The van der Waals surface area contributed by atoms with Crippen molar-refractivity contribution in [2.45, 2.75) is 25.4 Å². The van der Waals surface area contributed by atoms with E-state index in [2.05, 4.69) is 26.1 Å². The molecule has 1 saturated heterocycles. The minimum atomic E-state index is -0.428. The van der Waals surface area contributed by atoms with Crippen molar-refractivity contribution in [3.8, 4) is 11.5 Å². The van der Waals surface area contributed by atoms with Crippen molar-refractivity contribution >= 4 is 21.6 Å². The molecule has 6 heteroatoms. The van der Waals surface area contributed by atoms with Gasteiger partial charge in [0.25, 0.3) is 5.89 Å². The average molecular weight is 324 g/mol. The zero-order valence-electron chi connectivity index (χ0n) is 10.5. The first-order chi connectivity index (χ1) is 9.08. The Morgan fingerprint density at radius 2 is 2.26 bits per heavy atom. The van der Waals surface area contributed by atoms with Crippen molar-refractivity contribution < 1.29 is 9.26 Å². The third-order valence-corrected chi connectivity index (χ3v) is 4.08. The molecule has 3 rings (SSSR count). The van der Waals surface area contributed by atoms with Crippen LogP contribution >= 0.6 is 15.9 Å². The molecule has 1 aromatic heterocycles. The van der Waals surface area contributed by atoms with E-state index in [0.29, 0.717) is 17.4 Å². The monoisotopic (exact) mass is 323 g/mol. The Hall–Kier alpha value is -1.40. The van der Waals surface area contributed by atoms with Crippen molar-refractivity contribution in [2.24, 2.45) is 0 Å². The second-order valence-electron chi connectivity index (χ2n) is 4.84. The molecule has 0 aliphatic carbocycles. The van der Waals surface area contributed by atoms with Crippen LogP contribution in [0.1, 0.15) is 25.6 Å². The molecule has 0 amide bonds. The lowest BCUT2D eigenvalue weighted by molar-refractivity contribution is 0.00768. The summed E-state index contributed by atoms with van der Waals surface area (Å²) in [5.74, 6) is 1.06. The Morgan fingerprint density at radius 1 is 1.42 bits per heavy atom. The Morgan fingerprint density at radius 3 is 2.95 bits per heavy atom. The summed E-state index contributed by atoms with van der Waals surface area (Å²) in [5.41, 5.74) is 6.87. The summed E-state index contributed by atoms with van der Waals surface area (Å²) >= 11 is 3.36. The second kappa shape index (κ2) is 4.61. The Bertz CT molecular complexity index is 606. The van der Waals surface area contributed by atoms with E-state index in [1.807, 2.05) is 19.1 Å². The fourth-order valence-corrected chi connectivity index (χ4v) is 2.43. The molecule has 1 fully saturated rings. The molecule has 5 nitrogen and oxygen atoms in total. The molecular formula is C13H14BrN3O2. The molecule has 100 valence electrons. The quantitative estimate of drug-likeness (QED) is 0.859. The van der Waals surface area contributed by atoms with Gasteiger partial charge in [-0.25, -0.2) is 0 Å². The van der Waals surface area contributed by atoms with Crippen molar-refractivity contribution in [1.29, 1.82) is 0 Å². The summed E-state index contributed by atoms with van der Waals surface area (Å²) in [5, 5.41) is 4.03. The summed E-state index contributed by atoms with van der Waals surface area (Å²) in [6.07, 6.45) is 1.93. The standard InChI is InChI=1S/C13H14BrN3O2/c1-13(5-2-6-18-13)12-16-11(19-17-12)8-3-4-9(14)10(15)7-8/h3-4,7H,2,5-6,15H2,1H3. The summed E-state index contributed by atoms with van der Waals surface area (Å²) < 4.78 is 11.9. The largest absolute Gasteiger partial charge is 0.398 e. The van der Waals surface area contributed by atoms with Gasteiger partial charge in [0.05, 0.1) is 0 Å². The fourth-order valence-electron chi connectivity index (χ4n) is 2.19. The van der Waals surface area contributed by atoms with Gasteiger partial charge in [0, 0.05) is 22.3 Å². The second-order valence-corrected chi connectivity index (χ2v) is 5.70. The van der Waals surface area contributed by atoms with Crippen molar-refractivity contribution in [1.82, 2.24) is 10.1 Å². The van der Waals surface area contributed by atoms with Crippen LogP contribution in [0.2, 0.25) is 0 Å². The predicted octanol–water partition coefficient (Wildman–Crippen LogP) is 3.11. The first-order valence-corrected chi connectivity index (χ1v) is 6.91.